The van der Waals surface area contributed by atoms with E-state index in [2.05, 4.69) is 123 Å². The molecule has 364 valence electrons. The van der Waals surface area contributed by atoms with Gasteiger partial charge in [-0.05, 0) is 92.0 Å². The quantitative estimate of drug-likeness (QED) is 0.0414. The molecular formula is C61H86N2S4. The van der Waals surface area contributed by atoms with E-state index < -0.39 is 0 Å². The lowest BCUT2D eigenvalue weighted by Crippen LogP contribution is -2.27. The third kappa shape index (κ3) is 9.02. The lowest BCUT2D eigenvalue weighted by molar-refractivity contribution is 0.412. The molecule has 0 radical (unpaired) electrons. The summed E-state index contributed by atoms with van der Waals surface area (Å²) in [5.74, 6) is 0. The fourth-order valence-electron chi connectivity index (χ4n) is 13.3. The molecule has 0 saturated carbocycles. The Morgan fingerprint density at radius 1 is 0.403 bits per heavy atom. The van der Waals surface area contributed by atoms with Crippen molar-refractivity contribution in [1.29, 1.82) is 0 Å². The minimum absolute atomic E-state index is 0.0572. The predicted molar refractivity (Wildman–Crippen MR) is 304 cm³/mol. The molecule has 9 rings (SSSR count). The normalized spacial score (nSPS) is 14.7. The number of hydrogen-bond acceptors (Lipinski definition) is 4. The van der Waals surface area contributed by atoms with Gasteiger partial charge in [-0.3, -0.25) is 0 Å². The molecule has 0 aliphatic heterocycles. The Morgan fingerprint density at radius 3 is 1.19 bits per heavy atom. The highest BCUT2D eigenvalue weighted by molar-refractivity contribution is 7.30. The lowest BCUT2D eigenvalue weighted by atomic mass is 9.68. The summed E-state index contributed by atoms with van der Waals surface area (Å²) in [7, 11) is 4.80. The molecule has 6 aromatic heterocycles. The van der Waals surface area contributed by atoms with E-state index in [0.717, 1.165) is 0 Å². The monoisotopic (exact) mass is 975 g/mol. The van der Waals surface area contributed by atoms with Crippen LogP contribution in [-0.2, 0) is 31.3 Å². The van der Waals surface area contributed by atoms with Crippen LogP contribution in [0.25, 0.3) is 61.7 Å². The molecule has 67 heavy (non-hydrogen) atoms. The number of benzene rings is 1. The van der Waals surface area contributed by atoms with Crippen LogP contribution < -0.4 is 0 Å². The number of aromatic nitrogens is 2. The largest absolute Gasteiger partial charge is 0.342 e. The van der Waals surface area contributed by atoms with Gasteiger partial charge in [-0.2, -0.15) is 0 Å². The second kappa shape index (κ2) is 21.9. The zero-order valence-electron chi connectivity index (χ0n) is 43.3. The standard InChI is InChI=1S/C61H86N2S4/c1-9-14-19-20-21-22-23-24-25-26-27-28-29-30-31-32-33-43-39-49-57(65-43)59-53(63(49)8)51-55(67-59)45-41-46-44(40-47(45)61(51,36-17-12-4)37-18-13-5)54-50(60(46,34-15-10-2)35-16-11-3)52-58(66-54)56-48(62(52)7)38-42(6)64-56/h38-41H,9-37H2,1-8H3. The molecule has 0 unspecified atom stereocenters. The van der Waals surface area contributed by atoms with E-state index in [-0.39, 0.29) is 10.8 Å². The van der Waals surface area contributed by atoms with E-state index in [9.17, 15) is 0 Å². The molecule has 0 fully saturated rings. The van der Waals surface area contributed by atoms with Gasteiger partial charge in [0.2, 0.25) is 0 Å². The molecule has 6 heteroatoms. The maximum absolute atomic E-state index is 2.84. The van der Waals surface area contributed by atoms with Crippen molar-refractivity contribution in [2.45, 2.75) is 239 Å². The number of rotatable bonds is 29. The van der Waals surface area contributed by atoms with Crippen molar-refractivity contribution >= 4 is 86.2 Å². The fraction of sp³-hybridized carbons (Fsp3) is 0.639. The van der Waals surface area contributed by atoms with Crippen LogP contribution in [0.1, 0.15) is 246 Å². The van der Waals surface area contributed by atoms with Gasteiger partial charge in [-0.25, -0.2) is 0 Å². The third-order valence-corrected chi connectivity index (χ3v) is 21.9. The van der Waals surface area contributed by atoms with Crippen LogP contribution >= 0.6 is 45.3 Å². The van der Waals surface area contributed by atoms with E-state index >= 15 is 0 Å². The lowest BCUT2D eigenvalue weighted by Gasteiger charge is -2.34. The maximum atomic E-state index is 2.84. The van der Waals surface area contributed by atoms with Gasteiger partial charge in [0.1, 0.15) is 0 Å². The third-order valence-electron chi connectivity index (χ3n) is 16.9. The summed E-state index contributed by atoms with van der Waals surface area (Å²) < 4.78 is 11.5. The molecule has 0 saturated heterocycles. The van der Waals surface area contributed by atoms with E-state index in [1.165, 1.54) is 207 Å². The molecule has 0 N–H and O–H groups in total. The van der Waals surface area contributed by atoms with E-state index in [1.807, 2.05) is 11.3 Å². The summed E-state index contributed by atoms with van der Waals surface area (Å²) in [5, 5.41) is 0. The average molecular weight is 976 g/mol. The Hall–Kier alpha value is -2.38. The molecule has 1 aromatic carbocycles. The first-order valence-corrected chi connectivity index (χ1v) is 31.3. The highest BCUT2D eigenvalue weighted by Crippen LogP contribution is 2.66. The highest BCUT2D eigenvalue weighted by atomic mass is 32.1. The van der Waals surface area contributed by atoms with Gasteiger partial charge >= 0.3 is 0 Å². The Bertz CT molecular complexity index is 2740. The summed E-state index contributed by atoms with van der Waals surface area (Å²) in [6, 6.07) is 10.7. The molecule has 2 aliphatic carbocycles. The minimum atomic E-state index is 0.0572. The van der Waals surface area contributed by atoms with E-state index in [4.69, 9.17) is 0 Å². The first-order valence-electron chi connectivity index (χ1n) is 28.0. The number of unbranched alkanes of at least 4 members (excludes halogenated alkanes) is 19. The van der Waals surface area contributed by atoms with Crippen molar-refractivity contribution in [3.8, 4) is 20.9 Å². The van der Waals surface area contributed by atoms with Gasteiger partial charge in [0.25, 0.3) is 0 Å². The number of thiophene rings is 4. The average Bonchev–Trinajstić information content (AvgIpc) is 4.21. The van der Waals surface area contributed by atoms with Crippen LogP contribution in [0.3, 0.4) is 0 Å². The van der Waals surface area contributed by atoms with Crippen molar-refractivity contribution in [2.75, 3.05) is 0 Å². The first kappa shape index (κ1) is 49.6. The van der Waals surface area contributed by atoms with Crippen LogP contribution in [0.15, 0.2) is 24.3 Å². The number of nitrogens with zero attached hydrogens (tertiary/aromatic N) is 2. The van der Waals surface area contributed by atoms with Crippen molar-refractivity contribution < 1.29 is 0 Å². The zero-order valence-corrected chi connectivity index (χ0v) is 46.6. The van der Waals surface area contributed by atoms with Gasteiger partial charge in [-0.15, -0.1) is 45.3 Å². The second-order valence-electron chi connectivity index (χ2n) is 21.7. The summed E-state index contributed by atoms with van der Waals surface area (Å²) in [5.41, 5.74) is 16.1. The SMILES string of the molecule is CCCCCCCCCCCCCCCCCCc1cc2c(s1)c1sc3c(c1n2C)C(CCCC)(CCCC)c1cc2c(cc1-3)C(CCCC)(CCCC)c1c-2sc2c3sc(C)cc3n(C)c12. The van der Waals surface area contributed by atoms with E-state index in [0.29, 0.717) is 0 Å². The van der Waals surface area contributed by atoms with Crippen LogP contribution in [0, 0.1) is 6.92 Å². The molecule has 7 aromatic rings. The molecule has 2 nitrogen and oxygen atoms in total. The first-order chi connectivity index (χ1) is 32.8. The molecule has 0 atom stereocenters. The molecular weight excluding hydrogens is 889 g/mol. The van der Waals surface area contributed by atoms with Crippen molar-refractivity contribution in [2.24, 2.45) is 14.1 Å². The van der Waals surface area contributed by atoms with Crippen LogP contribution in [0.4, 0.5) is 0 Å². The Kier molecular flexibility index (Phi) is 16.2. The highest BCUT2D eigenvalue weighted by Gasteiger charge is 2.51. The maximum Gasteiger partial charge on any atom is 0.0710 e. The fourth-order valence-corrected chi connectivity index (χ4v) is 18.7. The Morgan fingerprint density at radius 2 is 0.776 bits per heavy atom. The Labute approximate surface area is 422 Å². The summed E-state index contributed by atoms with van der Waals surface area (Å²) in [6.45, 7) is 14.3. The minimum Gasteiger partial charge on any atom is -0.342 e. The van der Waals surface area contributed by atoms with Gasteiger partial charge in [0.15, 0.2) is 0 Å². The van der Waals surface area contributed by atoms with Gasteiger partial charge in [0, 0.05) is 55.6 Å². The summed E-state index contributed by atoms with van der Waals surface area (Å²) in [6.07, 6.45) is 39.2. The molecule has 0 bridgehead atoms. The molecule has 0 amide bonds. The summed E-state index contributed by atoms with van der Waals surface area (Å²) in [4.78, 5) is 6.26. The second-order valence-corrected chi connectivity index (χ2v) is 26.1. The van der Waals surface area contributed by atoms with Crippen LogP contribution in [0.2, 0.25) is 0 Å². The number of fused-ring (bicyclic) bond motifs is 14. The van der Waals surface area contributed by atoms with Gasteiger partial charge < -0.3 is 9.13 Å². The zero-order chi connectivity index (χ0) is 46.7. The van der Waals surface area contributed by atoms with Crippen molar-refractivity contribution in [3.63, 3.8) is 0 Å². The molecule has 2 aliphatic rings. The summed E-state index contributed by atoms with van der Waals surface area (Å²) >= 11 is 8.47. The van der Waals surface area contributed by atoms with Gasteiger partial charge in [-0.1, -0.05) is 182 Å². The molecule has 6 heterocycles. The van der Waals surface area contributed by atoms with Gasteiger partial charge in [0.05, 0.1) is 40.9 Å². The number of hydrogen-bond donors (Lipinski definition) is 0. The van der Waals surface area contributed by atoms with Crippen LogP contribution in [0.5, 0.6) is 0 Å². The number of aryl methyl sites for hydroxylation is 4. The van der Waals surface area contributed by atoms with Crippen LogP contribution in [-0.4, -0.2) is 9.13 Å². The molecule has 0 spiro atoms. The topological polar surface area (TPSA) is 9.86 Å². The van der Waals surface area contributed by atoms with Crippen molar-refractivity contribution in [3.05, 3.63) is 56.3 Å². The van der Waals surface area contributed by atoms with Crippen molar-refractivity contribution in [1.82, 2.24) is 9.13 Å². The van der Waals surface area contributed by atoms with E-state index in [1.54, 1.807) is 73.1 Å². The smallest absolute Gasteiger partial charge is 0.0710 e. The predicted octanol–water partition coefficient (Wildman–Crippen LogP) is 21.6. The Balaban J connectivity index is 1.00.